The molecule has 0 spiro atoms. The normalized spacial score (nSPS) is 14.8. The highest BCUT2D eigenvalue weighted by Crippen LogP contribution is 2.37. The largest absolute Gasteiger partial charge is 0.438 e. The Labute approximate surface area is 234 Å². The molecule has 4 rings (SSSR count). The minimum Gasteiger partial charge on any atom is -0.438 e. The molecule has 1 fully saturated rings. The van der Waals surface area contributed by atoms with E-state index >= 15 is 0 Å². The van der Waals surface area contributed by atoms with E-state index in [1.807, 2.05) is 31.2 Å². The second kappa shape index (κ2) is 12.5. The third kappa shape index (κ3) is 6.59. The van der Waals surface area contributed by atoms with Crippen LogP contribution in [0.5, 0.6) is 11.6 Å². The average molecular weight is 552 g/mol. The number of rotatable bonds is 8. The molecule has 1 saturated heterocycles. The summed E-state index contributed by atoms with van der Waals surface area (Å²) in [6.45, 7) is 9.97. The monoisotopic (exact) mass is 551 g/mol. The van der Waals surface area contributed by atoms with Crippen molar-refractivity contribution in [3.63, 3.8) is 0 Å². The van der Waals surface area contributed by atoms with Crippen molar-refractivity contribution in [2.45, 2.75) is 20.8 Å². The minimum atomic E-state index is 0.396. The van der Waals surface area contributed by atoms with Crippen LogP contribution in [0.1, 0.15) is 16.7 Å². The summed E-state index contributed by atoms with van der Waals surface area (Å²) in [7, 11) is 3.83. The average Bonchev–Trinajstić information content (AvgIpc) is 2.89. The van der Waals surface area contributed by atoms with Crippen LogP contribution in [0.2, 0.25) is 5.02 Å². The van der Waals surface area contributed by atoms with Gasteiger partial charge in [0.25, 0.3) is 0 Å². The number of nitrogens with two attached hydrogens (primary N) is 1. The molecule has 0 amide bonds. The first-order valence-corrected chi connectivity index (χ1v) is 13.6. The molecule has 2 aromatic carbocycles. The van der Waals surface area contributed by atoms with Crippen molar-refractivity contribution < 1.29 is 4.74 Å². The van der Waals surface area contributed by atoms with E-state index in [0.29, 0.717) is 22.6 Å². The predicted molar refractivity (Wildman–Crippen MR) is 161 cm³/mol. The van der Waals surface area contributed by atoms with Crippen LogP contribution >= 0.6 is 23.5 Å². The quantitative estimate of drug-likeness (QED) is 0.267. The van der Waals surface area contributed by atoms with E-state index in [9.17, 15) is 0 Å². The van der Waals surface area contributed by atoms with E-state index in [4.69, 9.17) is 27.1 Å². The molecule has 0 aliphatic carbocycles. The summed E-state index contributed by atoms with van der Waals surface area (Å²) in [6, 6.07) is 12.1. The van der Waals surface area contributed by atoms with Crippen LogP contribution < -0.4 is 20.1 Å². The summed E-state index contributed by atoms with van der Waals surface area (Å²) in [5.41, 5.74) is 11.7. The van der Waals surface area contributed by atoms with E-state index in [2.05, 4.69) is 57.5 Å². The Bertz CT molecular complexity index is 1330. The van der Waals surface area contributed by atoms with E-state index in [-0.39, 0.29) is 0 Å². The fourth-order valence-electron chi connectivity index (χ4n) is 4.31. The van der Waals surface area contributed by atoms with Gasteiger partial charge in [0, 0.05) is 79.6 Å². The molecule has 38 heavy (non-hydrogen) atoms. The van der Waals surface area contributed by atoms with Gasteiger partial charge in [-0.05, 0) is 57.0 Å². The van der Waals surface area contributed by atoms with Gasteiger partial charge in [0.05, 0.1) is 10.6 Å². The van der Waals surface area contributed by atoms with Crippen molar-refractivity contribution in [1.29, 1.82) is 0 Å². The zero-order chi connectivity index (χ0) is 27.2. The number of hydrogen-bond acceptors (Lipinski definition) is 9. The number of benzene rings is 2. The van der Waals surface area contributed by atoms with Gasteiger partial charge in [0.2, 0.25) is 11.8 Å². The number of nitrogens with zero attached hydrogens (tertiary/aromatic N) is 5. The summed E-state index contributed by atoms with van der Waals surface area (Å²) in [5, 5.41) is 0.658. The first-order valence-electron chi connectivity index (χ1n) is 12.4. The second-order valence-corrected chi connectivity index (χ2v) is 10.6. The second-order valence-electron chi connectivity index (χ2n) is 9.29. The van der Waals surface area contributed by atoms with Crippen molar-refractivity contribution in [2.24, 2.45) is 10.7 Å². The molecule has 2 heterocycles. The summed E-state index contributed by atoms with van der Waals surface area (Å²) in [4.78, 5) is 18.9. The minimum absolute atomic E-state index is 0.396. The third-order valence-electron chi connectivity index (χ3n) is 6.49. The van der Waals surface area contributed by atoms with Crippen LogP contribution in [-0.2, 0) is 0 Å². The molecular weight excluding hydrogens is 518 g/mol. The van der Waals surface area contributed by atoms with Crippen molar-refractivity contribution in [2.75, 3.05) is 49.9 Å². The lowest BCUT2D eigenvalue weighted by molar-refractivity contribution is 0.312. The van der Waals surface area contributed by atoms with Gasteiger partial charge < -0.3 is 20.3 Å². The van der Waals surface area contributed by atoms with Gasteiger partial charge in [0.1, 0.15) is 5.75 Å². The van der Waals surface area contributed by atoms with Gasteiger partial charge >= 0.3 is 0 Å². The van der Waals surface area contributed by atoms with E-state index in [1.165, 1.54) is 18.1 Å². The number of allylic oxidation sites excluding steroid dienone is 1. The lowest BCUT2D eigenvalue weighted by Crippen LogP contribution is -2.44. The summed E-state index contributed by atoms with van der Waals surface area (Å²) >= 11 is 7.95. The number of aromatic nitrogens is 2. The number of ether oxygens (including phenoxy) is 1. The third-order valence-corrected chi connectivity index (χ3v) is 7.64. The number of aliphatic imine (C=N–C) groups is 1. The topological polar surface area (TPSA) is 91.9 Å². The SMILES string of the molecule is CN=CC(=CN)SNc1nc(Oc2cc(N3CCN(C)CC3)cc(Cl)c2C)cc(-c2c(C)cccc2C)n1. The highest BCUT2D eigenvalue weighted by Gasteiger charge is 2.19. The Hall–Kier alpha value is -3.27. The molecule has 0 saturated carbocycles. The fourth-order valence-corrected chi connectivity index (χ4v) is 5.04. The molecule has 3 N–H and O–H groups in total. The van der Waals surface area contributed by atoms with Crippen molar-refractivity contribution >= 4 is 41.4 Å². The number of likely N-dealkylation sites (N-methyl/N-ethyl adjacent to an activating group) is 1. The number of halogens is 1. The van der Waals surface area contributed by atoms with Crippen LogP contribution in [0, 0.1) is 20.8 Å². The van der Waals surface area contributed by atoms with E-state index in [0.717, 1.165) is 64.7 Å². The molecule has 0 unspecified atom stereocenters. The number of anilines is 2. The zero-order valence-corrected chi connectivity index (χ0v) is 24.0. The Morgan fingerprint density at radius 1 is 1.11 bits per heavy atom. The molecule has 1 aliphatic heterocycles. The smallest absolute Gasteiger partial charge is 0.237 e. The van der Waals surface area contributed by atoms with Crippen molar-refractivity contribution in [3.8, 4) is 22.9 Å². The zero-order valence-electron chi connectivity index (χ0n) is 22.5. The first kappa shape index (κ1) is 27.8. The number of nitrogens with one attached hydrogen (secondary N) is 1. The van der Waals surface area contributed by atoms with Crippen LogP contribution in [0.4, 0.5) is 11.6 Å². The Balaban J connectivity index is 1.72. The molecule has 0 atom stereocenters. The maximum absolute atomic E-state index is 6.67. The molecule has 3 aromatic rings. The summed E-state index contributed by atoms with van der Waals surface area (Å²) < 4.78 is 9.60. The first-order chi connectivity index (χ1) is 18.3. The van der Waals surface area contributed by atoms with Crippen LogP contribution in [0.3, 0.4) is 0 Å². The van der Waals surface area contributed by atoms with Gasteiger partial charge in [-0.15, -0.1) is 0 Å². The fraction of sp³-hybridized carbons (Fsp3) is 0.321. The van der Waals surface area contributed by atoms with Crippen LogP contribution in [0.25, 0.3) is 11.3 Å². The number of piperazine rings is 1. The van der Waals surface area contributed by atoms with Crippen molar-refractivity contribution in [3.05, 3.63) is 69.2 Å². The lowest BCUT2D eigenvalue weighted by Gasteiger charge is -2.34. The molecule has 200 valence electrons. The molecule has 1 aliphatic rings. The van der Waals surface area contributed by atoms with Gasteiger partial charge in [0.15, 0.2) is 0 Å². The van der Waals surface area contributed by atoms with Crippen molar-refractivity contribution in [1.82, 2.24) is 14.9 Å². The maximum Gasteiger partial charge on any atom is 0.237 e. The Morgan fingerprint density at radius 3 is 2.47 bits per heavy atom. The molecule has 0 radical (unpaired) electrons. The molecule has 0 bridgehead atoms. The molecule has 8 nitrogen and oxygen atoms in total. The van der Waals surface area contributed by atoms with Crippen LogP contribution in [0.15, 0.2) is 52.5 Å². The number of aryl methyl sites for hydroxylation is 2. The van der Waals surface area contributed by atoms with Gasteiger partial charge in [-0.25, -0.2) is 4.98 Å². The van der Waals surface area contributed by atoms with E-state index in [1.54, 1.807) is 13.3 Å². The number of hydrogen-bond donors (Lipinski definition) is 2. The van der Waals surface area contributed by atoms with E-state index < -0.39 is 0 Å². The molecular formula is C28H34ClN7OS. The van der Waals surface area contributed by atoms with Gasteiger partial charge in [-0.1, -0.05) is 29.8 Å². The maximum atomic E-state index is 6.67. The van der Waals surface area contributed by atoms with Gasteiger partial charge in [-0.3, -0.25) is 9.71 Å². The molecule has 10 heteroatoms. The highest BCUT2D eigenvalue weighted by molar-refractivity contribution is 8.05. The van der Waals surface area contributed by atoms with Gasteiger partial charge in [-0.2, -0.15) is 4.98 Å². The van der Waals surface area contributed by atoms with Crippen LogP contribution in [-0.4, -0.2) is 61.4 Å². The standard InChI is InChI=1S/C28H34ClN7OS/c1-18-7-6-8-19(2)27(18)24-15-26(33-28(32-24)34-38-22(16-30)17-31-4)37-25-14-21(13-23(29)20(25)3)36-11-9-35(5)10-12-36/h6-8,13-17H,9-12,30H2,1-5H3,(H,32,33,34). The Kier molecular flexibility index (Phi) is 9.14. The lowest BCUT2D eigenvalue weighted by atomic mass is 10.00. The highest BCUT2D eigenvalue weighted by atomic mass is 35.5. The summed E-state index contributed by atoms with van der Waals surface area (Å²) in [6.07, 6.45) is 3.15. The predicted octanol–water partition coefficient (Wildman–Crippen LogP) is 5.83. The Morgan fingerprint density at radius 2 is 1.82 bits per heavy atom. The summed E-state index contributed by atoms with van der Waals surface area (Å²) in [5.74, 6) is 1.47. The molecule has 1 aromatic heterocycles.